The predicted octanol–water partition coefficient (Wildman–Crippen LogP) is 3.65. The van der Waals surface area contributed by atoms with Gasteiger partial charge >= 0.3 is 0 Å². The zero-order chi connectivity index (χ0) is 15.5. The van der Waals surface area contributed by atoms with Crippen molar-refractivity contribution in [2.75, 3.05) is 5.32 Å². The lowest BCUT2D eigenvalue weighted by Crippen LogP contribution is -2.13. The highest BCUT2D eigenvalue weighted by Crippen LogP contribution is 2.20. The number of hydrogen-bond donors (Lipinski definition) is 1. The van der Waals surface area contributed by atoms with Crippen molar-refractivity contribution in [3.63, 3.8) is 0 Å². The van der Waals surface area contributed by atoms with E-state index in [0.29, 0.717) is 5.69 Å². The number of nitrogens with zero attached hydrogens (tertiary/aromatic N) is 2. The molecule has 0 saturated carbocycles. The van der Waals surface area contributed by atoms with Crippen molar-refractivity contribution >= 4 is 11.6 Å². The molecule has 0 aliphatic carbocycles. The van der Waals surface area contributed by atoms with Crippen LogP contribution in [-0.4, -0.2) is 15.7 Å². The van der Waals surface area contributed by atoms with E-state index in [2.05, 4.69) is 10.4 Å². The largest absolute Gasteiger partial charge is 0.320 e. The Labute approximate surface area is 129 Å². The summed E-state index contributed by atoms with van der Waals surface area (Å²) in [6.45, 7) is 1.96. The number of amides is 1. The van der Waals surface area contributed by atoms with Gasteiger partial charge in [-0.2, -0.15) is 5.10 Å². The molecular weight excluding hydrogens is 274 g/mol. The van der Waals surface area contributed by atoms with Gasteiger partial charge in [0.15, 0.2) is 5.69 Å². The Morgan fingerprint density at radius 2 is 1.73 bits per heavy atom. The highest BCUT2D eigenvalue weighted by atomic mass is 16.1. The number of carbonyl (C=O) groups excluding carboxylic acids is 1. The maximum Gasteiger partial charge on any atom is 0.276 e. The second-order valence-corrected chi connectivity index (χ2v) is 5.17. The van der Waals surface area contributed by atoms with E-state index in [9.17, 15) is 4.79 Å². The van der Waals surface area contributed by atoms with Crippen LogP contribution in [0.2, 0.25) is 0 Å². The number of aryl methyl sites for hydroxylation is 2. The summed E-state index contributed by atoms with van der Waals surface area (Å²) in [5.41, 5.74) is 4.18. The molecule has 22 heavy (non-hydrogen) atoms. The summed E-state index contributed by atoms with van der Waals surface area (Å²) in [5.74, 6) is -0.202. The Morgan fingerprint density at radius 3 is 2.45 bits per heavy atom. The van der Waals surface area contributed by atoms with E-state index in [0.717, 1.165) is 22.5 Å². The van der Waals surface area contributed by atoms with Gasteiger partial charge in [0.1, 0.15) is 0 Å². The monoisotopic (exact) mass is 291 g/mol. The first-order valence-corrected chi connectivity index (χ1v) is 7.11. The molecule has 0 saturated heterocycles. The van der Waals surface area contributed by atoms with Crippen molar-refractivity contribution in [3.8, 4) is 11.3 Å². The lowest BCUT2D eigenvalue weighted by Gasteiger charge is -2.05. The molecule has 0 radical (unpaired) electrons. The van der Waals surface area contributed by atoms with Crippen LogP contribution in [0.5, 0.6) is 0 Å². The van der Waals surface area contributed by atoms with Crippen LogP contribution in [-0.2, 0) is 7.05 Å². The molecule has 0 unspecified atom stereocenters. The lowest BCUT2D eigenvalue weighted by molar-refractivity contribution is 0.102. The second-order valence-electron chi connectivity index (χ2n) is 5.17. The van der Waals surface area contributed by atoms with Crippen molar-refractivity contribution in [2.24, 2.45) is 7.05 Å². The molecule has 3 aromatic rings. The van der Waals surface area contributed by atoms with Gasteiger partial charge in [-0.25, -0.2) is 0 Å². The van der Waals surface area contributed by atoms with Gasteiger partial charge in [-0.15, -0.1) is 0 Å². The number of benzene rings is 2. The molecule has 0 atom stereocenters. The smallest absolute Gasteiger partial charge is 0.276 e. The van der Waals surface area contributed by atoms with Crippen LogP contribution < -0.4 is 5.32 Å². The van der Waals surface area contributed by atoms with Crippen molar-refractivity contribution in [1.82, 2.24) is 9.78 Å². The number of aromatic nitrogens is 2. The van der Waals surface area contributed by atoms with Crippen LogP contribution in [0.4, 0.5) is 5.69 Å². The Kier molecular flexibility index (Phi) is 3.74. The fourth-order valence-electron chi connectivity index (χ4n) is 2.36. The first-order valence-electron chi connectivity index (χ1n) is 7.11. The highest BCUT2D eigenvalue weighted by Gasteiger charge is 2.14. The maximum absolute atomic E-state index is 12.4. The van der Waals surface area contributed by atoms with E-state index in [4.69, 9.17) is 0 Å². The highest BCUT2D eigenvalue weighted by molar-refractivity contribution is 6.03. The number of carbonyl (C=O) groups is 1. The van der Waals surface area contributed by atoms with Crippen LogP contribution in [0.3, 0.4) is 0 Å². The summed E-state index contributed by atoms with van der Waals surface area (Å²) in [6, 6.07) is 19.4. The topological polar surface area (TPSA) is 46.9 Å². The number of rotatable bonds is 3. The predicted molar refractivity (Wildman–Crippen MR) is 87.8 cm³/mol. The first-order chi connectivity index (χ1) is 10.6. The summed E-state index contributed by atoms with van der Waals surface area (Å²) >= 11 is 0. The molecule has 4 heteroatoms. The van der Waals surface area contributed by atoms with Gasteiger partial charge in [0.2, 0.25) is 0 Å². The normalized spacial score (nSPS) is 10.5. The standard InChI is InChI=1S/C18H17N3O/c1-13-8-6-7-11-15(13)19-18(22)16-12-17(21(2)20-16)14-9-4-3-5-10-14/h3-12H,1-2H3,(H,19,22). The number of hydrogen-bond acceptors (Lipinski definition) is 2. The molecule has 0 aliphatic heterocycles. The second kappa shape index (κ2) is 5.85. The van der Waals surface area contributed by atoms with Crippen LogP contribution in [0, 0.1) is 6.92 Å². The lowest BCUT2D eigenvalue weighted by atomic mass is 10.1. The summed E-state index contributed by atoms with van der Waals surface area (Å²) < 4.78 is 1.72. The molecule has 0 fully saturated rings. The Balaban J connectivity index is 1.87. The zero-order valence-corrected chi connectivity index (χ0v) is 12.6. The van der Waals surface area contributed by atoms with E-state index in [1.165, 1.54) is 0 Å². The number of anilines is 1. The summed E-state index contributed by atoms with van der Waals surface area (Å²) in [6.07, 6.45) is 0. The molecule has 3 rings (SSSR count). The van der Waals surface area contributed by atoms with Crippen molar-refractivity contribution in [2.45, 2.75) is 6.92 Å². The number of para-hydroxylation sites is 1. The average Bonchev–Trinajstić information content (AvgIpc) is 2.92. The molecule has 0 spiro atoms. The molecule has 0 bridgehead atoms. The minimum Gasteiger partial charge on any atom is -0.320 e. The molecule has 2 aromatic carbocycles. The van der Waals surface area contributed by atoms with Crippen LogP contribution >= 0.6 is 0 Å². The minimum atomic E-state index is -0.202. The van der Waals surface area contributed by atoms with Crippen molar-refractivity contribution < 1.29 is 4.79 Å². The number of nitrogens with one attached hydrogen (secondary N) is 1. The fourth-order valence-corrected chi connectivity index (χ4v) is 2.36. The van der Waals surface area contributed by atoms with E-state index < -0.39 is 0 Å². The van der Waals surface area contributed by atoms with E-state index >= 15 is 0 Å². The zero-order valence-electron chi connectivity index (χ0n) is 12.6. The Hall–Kier alpha value is -2.88. The van der Waals surface area contributed by atoms with Gasteiger partial charge in [-0.1, -0.05) is 48.5 Å². The van der Waals surface area contributed by atoms with E-state index in [-0.39, 0.29) is 5.91 Å². The third kappa shape index (κ3) is 2.76. The van der Waals surface area contributed by atoms with Gasteiger partial charge in [-0.05, 0) is 30.2 Å². The minimum absolute atomic E-state index is 0.202. The average molecular weight is 291 g/mol. The third-order valence-electron chi connectivity index (χ3n) is 3.58. The van der Waals surface area contributed by atoms with E-state index in [1.807, 2.05) is 74.6 Å². The molecule has 1 aromatic heterocycles. The summed E-state index contributed by atoms with van der Waals surface area (Å²) in [4.78, 5) is 12.4. The van der Waals surface area contributed by atoms with Crippen molar-refractivity contribution in [1.29, 1.82) is 0 Å². The Morgan fingerprint density at radius 1 is 1.05 bits per heavy atom. The van der Waals surface area contributed by atoms with Crippen molar-refractivity contribution in [3.05, 3.63) is 71.9 Å². The molecule has 1 heterocycles. The SMILES string of the molecule is Cc1ccccc1NC(=O)c1cc(-c2ccccc2)n(C)n1. The molecule has 1 N–H and O–H groups in total. The van der Waals surface area contributed by atoms with Gasteiger partial charge in [0, 0.05) is 12.7 Å². The molecular formula is C18H17N3O. The van der Waals surface area contributed by atoms with Crippen LogP contribution in [0.25, 0.3) is 11.3 Å². The van der Waals surface area contributed by atoms with Gasteiger partial charge in [-0.3, -0.25) is 9.48 Å². The van der Waals surface area contributed by atoms with Gasteiger partial charge in [0.05, 0.1) is 5.69 Å². The first kappa shape index (κ1) is 14.1. The quantitative estimate of drug-likeness (QED) is 0.800. The van der Waals surface area contributed by atoms with Gasteiger partial charge in [0.25, 0.3) is 5.91 Å². The molecule has 4 nitrogen and oxygen atoms in total. The van der Waals surface area contributed by atoms with Gasteiger partial charge < -0.3 is 5.32 Å². The maximum atomic E-state index is 12.4. The van der Waals surface area contributed by atoms with E-state index in [1.54, 1.807) is 4.68 Å². The molecule has 110 valence electrons. The van der Waals surface area contributed by atoms with Crippen LogP contribution in [0.1, 0.15) is 16.1 Å². The Bertz CT molecular complexity index is 806. The third-order valence-corrected chi connectivity index (χ3v) is 3.58. The fraction of sp³-hybridized carbons (Fsp3) is 0.111. The molecule has 0 aliphatic rings. The molecule has 1 amide bonds. The van der Waals surface area contributed by atoms with Crippen LogP contribution in [0.15, 0.2) is 60.7 Å². The summed E-state index contributed by atoms with van der Waals surface area (Å²) in [7, 11) is 1.84. The summed E-state index contributed by atoms with van der Waals surface area (Å²) in [5, 5.41) is 7.22.